The number of aromatic nitrogens is 2. The number of piperidine rings is 1. The number of likely N-dealkylation sites (tertiary alicyclic amines) is 1. The summed E-state index contributed by atoms with van der Waals surface area (Å²) in [6.45, 7) is 7.65. The molecule has 2 aromatic carbocycles. The number of rotatable bonds is 4. The molecule has 1 aliphatic rings. The van der Waals surface area contributed by atoms with E-state index in [0.717, 1.165) is 70.8 Å². The first-order chi connectivity index (χ1) is 13.5. The van der Waals surface area contributed by atoms with Crippen molar-refractivity contribution in [3.8, 4) is 11.1 Å². The van der Waals surface area contributed by atoms with Gasteiger partial charge in [-0.3, -0.25) is 0 Å². The summed E-state index contributed by atoms with van der Waals surface area (Å²) in [6, 6.07) is 10.7. The molecule has 146 valence electrons. The zero-order valence-electron chi connectivity index (χ0n) is 16.4. The van der Waals surface area contributed by atoms with Gasteiger partial charge in [-0.15, -0.1) is 0 Å². The van der Waals surface area contributed by atoms with E-state index < -0.39 is 0 Å². The van der Waals surface area contributed by atoms with E-state index in [0.29, 0.717) is 6.04 Å². The van der Waals surface area contributed by atoms with Crippen LogP contribution in [0.15, 0.2) is 36.5 Å². The Bertz CT molecular complexity index is 975. The van der Waals surface area contributed by atoms with Gasteiger partial charge in [-0.2, -0.15) is 0 Å². The molecule has 3 N–H and O–H groups in total. The van der Waals surface area contributed by atoms with E-state index in [1.165, 1.54) is 0 Å². The molecular weight excluding hydrogens is 370 g/mol. The lowest BCUT2D eigenvalue weighted by atomic mass is 9.97. The Morgan fingerprint density at radius 1 is 1.25 bits per heavy atom. The van der Waals surface area contributed by atoms with Crippen LogP contribution in [0.1, 0.15) is 25.3 Å². The molecule has 1 saturated heterocycles. The lowest BCUT2D eigenvalue weighted by molar-refractivity contribution is 0.229. The summed E-state index contributed by atoms with van der Waals surface area (Å²) in [5.41, 5.74) is 11.0. The van der Waals surface area contributed by atoms with E-state index in [1.54, 1.807) is 6.20 Å². The number of nitrogens with two attached hydrogens (primary N) is 1. The Balaban J connectivity index is 1.76. The van der Waals surface area contributed by atoms with E-state index in [-0.39, 0.29) is 5.95 Å². The molecule has 0 amide bonds. The highest BCUT2D eigenvalue weighted by atomic mass is 35.5. The van der Waals surface area contributed by atoms with Gasteiger partial charge in [-0.1, -0.05) is 30.7 Å². The van der Waals surface area contributed by atoms with Gasteiger partial charge >= 0.3 is 0 Å². The monoisotopic (exact) mass is 395 g/mol. The fourth-order valence-electron chi connectivity index (χ4n) is 4.02. The fourth-order valence-corrected chi connectivity index (χ4v) is 4.36. The number of halogens is 1. The third-order valence-electron chi connectivity index (χ3n) is 5.61. The van der Waals surface area contributed by atoms with Crippen molar-refractivity contribution in [3.05, 3.63) is 47.1 Å². The van der Waals surface area contributed by atoms with Crippen molar-refractivity contribution in [1.82, 2.24) is 14.9 Å². The number of hydrogen-bond donors (Lipinski definition) is 2. The number of fused-ring (bicyclic) bond motifs is 1. The van der Waals surface area contributed by atoms with Crippen molar-refractivity contribution in [3.63, 3.8) is 0 Å². The SMILES string of the molecule is CCN1CCC(Nc2cc(-c3c(C)cccc3Cl)cc3cnc(N)nc23)CC1. The second-order valence-electron chi connectivity index (χ2n) is 7.47. The summed E-state index contributed by atoms with van der Waals surface area (Å²) in [6.07, 6.45) is 4.02. The highest BCUT2D eigenvalue weighted by Gasteiger charge is 2.20. The Labute approximate surface area is 170 Å². The van der Waals surface area contributed by atoms with Crippen molar-refractivity contribution in [2.45, 2.75) is 32.7 Å². The van der Waals surface area contributed by atoms with Crippen LogP contribution in [0.4, 0.5) is 11.6 Å². The number of nitrogens with one attached hydrogen (secondary N) is 1. The number of hydrogen-bond acceptors (Lipinski definition) is 5. The number of nitrogens with zero attached hydrogens (tertiary/aromatic N) is 3. The molecule has 2 heterocycles. The molecule has 3 aromatic rings. The number of nitrogen functional groups attached to an aromatic ring is 1. The normalized spacial score (nSPS) is 15.8. The highest BCUT2D eigenvalue weighted by Crippen LogP contribution is 2.36. The van der Waals surface area contributed by atoms with Gasteiger partial charge in [-0.25, -0.2) is 9.97 Å². The molecule has 0 saturated carbocycles. The summed E-state index contributed by atoms with van der Waals surface area (Å²) in [5.74, 6) is 0.290. The summed E-state index contributed by atoms with van der Waals surface area (Å²) >= 11 is 6.54. The fraction of sp³-hybridized carbons (Fsp3) is 0.364. The van der Waals surface area contributed by atoms with Gasteiger partial charge in [-0.05, 0) is 55.6 Å². The first kappa shape index (κ1) is 19.0. The van der Waals surface area contributed by atoms with Crippen molar-refractivity contribution in [2.75, 3.05) is 30.7 Å². The quantitative estimate of drug-likeness (QED) is 0.668. The predicted octanol–water partition coefficient (Wildman–Crippen LogP) is 4.74. The van der Waals surface area contributed by atoms with Gasteiger partial charge in [0.15, 0.2) is 0 Å². The smallest absolute Gasteiger partial charge is 0.220 e. The summed E-state index contributed by atoms with van der Waals surface area (Å²) in [7, 11) is 0. The van der Waals surface area contributed by atoms with Gasteiger partial charge in [0.05, 0.1) is 11.2 Å². The minimum atomic E-state index is 0.290. The Morgan fingerprint density at radius 2 is 2.04 bits per heavy atom. The molecule has 0 bridgehead atoms. The van der Waals surface area contributed by atoms with Crippen LogP contribution in [0.25, 0.3) is 22.0 Å². The van der Waals surface area contributed by atoms with E-state index in [1.807, 2.05) is 12.1 Å². The van der Waals surface area contributed by atoms with Crippen molar-refractivity contribution < 1.29 is 0 Å². The maximum absolute atomic E-state index is 6.54. The van der Waals surface area contributed by atoms with Gasteiger partial charge in [0.25, 0.3) is 0 Å². The molecule has 5 nitrogen and oxygen atoms in total. The summed E-state index contributed by atoms with van der Waals surface area (Å²) in [5, 5.41) is 5.44. The summed E-state index contributed by atoms with van der Waals surface area (Å²) in [4.78, 5) is 11.2. The minimum absolute atomic E-state index is 0.290. The Morgan fingerprint density at radius 3 is 2.75 bits per heavy atom. The topological polar surface area (TPSA) is 67.1 Å². The highest BCUT2D eigenvalue weighted by molar-refractivity contribution is 6.33. The van der Waals surface area contributed by atoms with Crippen molar-refractivity contribution in [2.24, 2.45) is 0 Å². The lowest BCUT2D eigenvalue weighted by Crippen LogP contribution is -2.38. The number of aryl methyl sites for hydroxylation is 1. The van der Waals surface area contributed by atoms with Crippen molar-refractivity contribution >= 4 is 34.1 Å². The Hall–Kier alpha value is -2.37. The molecule has 4 rings (SSSR count). The second-order valence-corrected chi connectivity index (χ2v) is 7.88. The number of anilines is 2. The van der Waals surface area contributed by atoms with Crippen LogP contribution in [0.3, 0.4) is 0 Å². The van der Waals surface area contributed by atoms with E-state index in [9.17, 15) is 0 Å². The van der Waals surface area contributed by atoms with E-state index in [2.05, 4.69) is 52.2 Å². The van der Waals surface area contributed by atoms with Crippen LogP contribution >= 0.6 is 11.6 Å². The Kier molecular flexibility index (Phi) is 5.38. The maximum atomic E-state index is 6.54. The van der Waals surface area contributed by atoms with Gasteiger partial charge < -0.3 is 16.0 Å². The molecule has 0 radical (unpaired) electrons. The van der Waals surface area contributed by atoms with Crippen LogP contribution in [0.2, 0.25) is 5.02 Å². The zero-order valence-corrected chi connectivity index (χ0v) is 17.1. The standard InChI is InChI=1S/C22H26ClN5/c1-3-28-9-7-17(8-10-28)26-19-12-15(20-14(2)5-4-6-18(20)23)11-16-13-25-22(24)27-21(16)19/h4-6,11-13,17,26H,3,7-10H2,1-2H3,(H2,24,25,27). The van der Waals surface area contributed by atoms with Crippen LogP contribution in [0, 0.1) is 6.92 Å². The first-order valence-corrected chi connectivity index (χ1v) is 10.2. The second kappa shape index (κ2) is 7.94. The molecule has 1 aromatic heterocycles. The van der Waals surface area contributed by atoms with Crippen molar-refractivity contribution in [1.29, 1.82) is 0 Å². The van der Waals surface area contributed by atoms with Crippen LogP contribution in [-0.4, -0.2) is 40.5 Å². The zero-order chi connectivity index (χ0) is 19.7. The first-order valence-electron chi connectivity index (χ1n) is 9.86. The van der Waals surface area contributed by atoms with Crippen LogP contribution in [0.5, 0.6) is 0 Å². The molecule has 6 heteroatoms. The third kappa shape index (κ3) is 3.77. The molecule has 0 spiro atoms. The van der Waals surface area contributed by atoms with Crippen LogP contribution < -0.4 is 11.1 Å². The molecule has 1 fully saturated rings. The molecule has 1 aliphatic heterocycles. The molecule has 0 unspecified atom stereocenters. The lowest BCUT2D eigenvalue weighted by Gasteiger charge is -2.32. The number of benzene rings is 2. The predicted molar refractivity (Wildman–Crippen MR) is 118 cm³/mol. The summed E-state index contributed by atoms with van der Waals surface area (Å²) < 4.78 is 0. The average molecular weight is 396 g/mol. The molecule has 0 aliphatic carbocycles. The maximum Gasteiger partial charge on any atom is 0.220 e. The molecule has 28 heavy (non-hydrogen) atoms. The molecule has 0 atom stereocenters. The average Bonchev–Trinajstić information content (AvgIpc) is 2.69. The molecular formula is C22H26ClN5. The van der Waals surface area contributed by atoms with Gasteiger partial charge in [0.2, 0.25) is 5.95 Å². The minimum Gasteiger partial charge on any atom is -0.380 e. The van der Waals surface area contributed by atoms with Gasteiger partial charge in [0, 0.05) is 41.3 Å². The van der Waals surface area contributed by atoms with E-state index >= 15 is 0 Å². The largest absolute Gasteiger partial charge is 0.380 e. The third-order valence-corrected chi connectivity index (χ3v) is 5.92. The van der Waals surface area contributed by atoms with Gasteiger partial charge in [0.1, 0.15) is 0 Å². The van der Waals surface area contributed by atoms with Crippen LogP contribution in [-0.2, 0) is 0 Å². The van der Waals surface area contributed by atoms with E-state index in [4.69, 9.17) is 17.3 Å².